The van der Waals surface area contributed by atoms with Crippen LogP contribution in [0.3, 0.4) is 0 Å². The fourth-order valence-corrected chi connectivity index (χ4v) is 3.15. The number of nitrogens with zero attached hydrogens (tertiary/aromatic N) is 1. The third-order valence-electron chi connectivity index (χ3n) is 4.19. The van der Waals surface area contributed by atoms with Gasteiger partial charge in [-0.15, -0.1) is 0 Å². The number of hydrogen-bond acceptors (Lipinski definition) is 3. The maximum atomic E-state index is 11.5. The second kappa shape index (κ2) is 6.50. The highest BCUT2D eigenvalue weighted by atomic mass is 16.4. The molecule has 0 saturated carbocycles. The van der Waals surface area contributed by atoms with Gasteiger partial charge in [0, 0.05) is 24.2 Å². The van der Waals surface area contributed by atoms with Gasteiger partial charge in [-0.25, -0.2) is 4.79 Å². The molecule has 0 bridgehead atoms. The molecule has 5 N–H and O–H groups in total. The van der Waals surface area contributed by atoms with Gasteiger partial charge in [0.15, 0.2) is 0 Å². The number of rotatable bonds is 6. The van der Waals surface area contributed by atoms with Crippen molar-refractivity contribution in [1.82, 2.24) is 4.57 Å². The van der Waals surface area contributed by atoms with Gasteiger partial charge in [-0.05, 0) is 49.1 Å². The average Bonchev–Trinajstić information content (AvgIpc) is 2.72. The zero-order chi connectivity index (χ0) is 16.4. The van der Waals surface area contributed by atoms with Crippen molar-refractivity contribution in [2.75, 3.05) is 13.1 Å². The number of aromatic nitrogens is 1. The smallest absolute Gasteiger partial charge is 0.335 e. The number of carboxylic acids is 1. The zero-order valence-electron chi connectivity index (χ0n) is 13.5. The summed E-state index contributed by atoms with van der Waals surface area (Å²) in [5.74, 6) is -0.662. The fraction of sp³-hybridized carbons (Fsp3) is 0.471. The van der Waals surface area contributed by atoms with Crippen LogP contribution in [-0.2, 0) is 13.0 Å². The first-order valence-corrected chi connectivity index (χ1v) is 7.71. The molecule has 0 atom stereocenters. The lowest BCUT2D eigenvalue weighted by molar-refractivity contribution is 0.0697. The number of benzene rings is 1. The monoisotopic (exact) mass is 303 g/mol. The van der Waals surface area contributed by atoms with Crippen LogP contribution in [0.4, 0.5) is 0 Å². The summed E-state index contributed by atoms with van der Waals surface area (Å²) in [6.45, 7) is 8.03. The van der Waals surface area contributed by atoms with Gasteiger partial charge >= 0.3 is 5.97 Å². The molecular weight excluding hydrogens is 278 g/mol. The van der Waals surface area contributed by atoms with Gasteiger partial charge in [0.1, 0.15) is 0 Å². The molecule has 0 radical (unpaired) electrons. The molecule has 0 spiro atoms. The highest BCUT2D eigenvalue weighted by Gasteiger charge is 2.20. The standard InChI is InChI=1S/C17H25N3O2/c1-10(2)14-8-12(17(21)22)9-15-13(4-5-18)11(3)20(7-6-19)16(14)15/h8-10H,4-7,18-19H2,1-3H3,(H,21,22). The van der Waals surface area contributed by atoms with Gasteiger partial charge in [0.2, 0.25) is 0 Å². The molecule has 1 aromatic heterocycles. The van der Waals surface area contributed by atoms with Crippen molar-refractivity contribution in [2.24, 2.45) is 11.5 Å². The number of carbonyl (C=O) groups is 1. The van der Waals surface area contributed by atoms with Crippen LogP contribution in [0, 0.1) is 6.92 Å². The van der Waals surface area contributed by atoms with E-state index >= 15 is 0 Å². The van der Waals surface area contributed by atoms with Gasteiger partial charge in [0.05, 0.1) is 11.1 Å². The van der Waals surface area contributed by atoms with Gasteiger partial charge < -0.3 is 21.1 Å². The van der Waals surface area contributed by atoms with Crippen LogP contribution in [0.1, 0.15) is 46.9 Å². The van der Waals surface area contributed by atoms with E-state index in [-0.39, 0.29) is 5.92 Å². The molecule has 0 amide bonds. The highest BCUT2D eigenvalue weighted by molar-refractivity contribution is 5.97. The van der Waals surface area contributed by atoms with Crippen molar-refractivity contribution < 1.29 is 9.90 Å². The maximum Gasteiger partial charge on any atom is 0.335 e. The van der Waals surface area contributed by atoms with E-state index in [0.717, 1.165) is 40.7 Å². The minimum atomic E-state index is -0.897. The topological polar surface area (TPSA) is 94.3 Å². The van der Waals surface area contributed by atoms with Crippen LogP contribution in [0.25, 0.3) is 10.9 Å². The minimum absolute atomic E-state index is 0.235. The third-order valence-corrected chi connectivity index (χ3v) is 4.19. The van der Waals surface area contributed by atoms with Crippen LogP contribution < -0.4 is 11.5 Å². The molecule has 2 rings (SSSR count). The molecule has 0 fully saturated rings. The lowest BCUT2D eigenvalue weighted by Crippen LogP contribution is -2.12. The van der Waals surface area contributed by atoms with Gasteiger partial charge in [0.25, 0.3) is 0 Å². The SMILES string of the molecule is Cc1c(CCN)c2cc(C(=O)O)cc(C(C)C)c2n1CCN. The van der Waals surface area contributed by atoms with Crippen molar-refractivity contribution in [3.8, 4) is 0 Å². The molecule has 1 aromatic carbocycles. The molecule has 0 saturated heterocycles. The molecule has 5 nitrogen and oxygen atoms in total. The Morgan fingerprint density at radius 3 is 2.45 bits per heavy atom. The molecule has 0 unspecified atom stereocenters. The Bertz CT molecular complexity index is 702. The normalized spacial score (nSPS) is 11.5. The second-order valence-corrected chi connectivity index (χ2v) is 5.96. The van der Waals surface area contributed by atoms with E-state index in [1.54, 1.807) is 12.1 Å². The number of hydrogen-bond donors (Lipinski definition) is 3. The lowest BCUT2D eigenvalue weighted by atomic mass is 9.95. The Kier molecular flexibility index (Phi) is 4.88. The summed E-state index contributed by atoms with van der Waals surface area (Å²) in [4.78, 5) is 11.5. The average molecular weight is 303 g/mol. The van der Waals surface area contributed by atoms with Crippen LogP contribution >= 0.6 is 0 Å². The summed E-state index contributed by atoms with van der Waals surface area (Å²) < 4.78 is 2.21. The molecular formula is C17H25N3O2. The van der Waals surface area contributed by atoms with Crippen molar-refractivity contribution in [1.29, 1.82) is 0 Å². The zero-order valence-corrected chi connectivity index (χ0v) is 13.5. The number of carboxylic acid groups (broad SMARTS) is 1. The first kappa shape index (κ1) is 16.5. The van der Waals surface area contributed by atoms with Crippen molar-refractivity contribution in [3.05, 3.63) is 34.5 Å². The van der Waals surface area contributed by atoms with E-state index in [1.807, 2.05) is 0 Å². The third kappa shape index (κ3) is 2.74. The molecule has 0 aliphatic carbocycles. The predicted octanol–water partition coefficient (Wildman–Crippen LogP) is 2.23. The van der Waals surface area contributed by atoms with E-state index < -0.39 is 5.97 Å². The quantitative estimate of drug-likeness (QED) is 0.762. The van der Waals surface area contributed by atoms with Crippen LogP contribution in [0.15, 0.2) is 12.1 Å². The van der Waals surface area contributed by atoms with E-state index in [0.29, 0.717) is 18.7 Å². The molecule has 1 heterocycles. The largest absolute Gasteiger partial charge is 0.478 e. The van der Waals surface area contributed by atoms with Gasteiger partial charge in [-0.3, -0.25) is 0 Å². The molecule has 0 aliphatic rings. The molecule has 2 aromatic rings. The van der Waals surface area contributed by atoms with Crippen LogP contribution in [-0.4, -0.2) is 28.7 Å². The number of aromatic carboxylic acids is 1. The molecule has 0 aliphatic heterocycles. The van der Waals surface area contributed by atoms with Gasteiger partial charge in [-0.2, -0.15) is 0 Å². The van der Waals surface area contributed by atoms with Crippen molar-refractivity contribution >= 4 is 16.9 Å². The maximum absolute atomic E-state index is 11.5. The fourth-order valence-electron chi connectivity index (χ4n) is 3.15. The first-order valence-electron chi connectivity index (χ1n) is 7.71. The number of fused-ring (bicyclic) bond motifs is 1. The van der Waals surface area contributed by atoms with Crippen molar-refractivity contribution in [2.45, 2.75) is 39.7 Å². The first-order chi connectivity index (χ1) is 10.4. The van der Waals surface area contributed by atoms with E-state index in [9.17, 15) is 9.90 Å². The molecule has 22 heavy (non-hydrogen) atoms. The second-order valence-electron chi connectivity index (χ2n) is 5.96. The Labute approximate surface area is 130 Å². The molecule has 5 heteroatoms. The summed E-state index contributed by atoms with van der Waals surface area (Å²) in [5, 5.41) is 10.4. The summed E-state index contributed by atoms with van der Waals surface area (Å²) >= 11 is 0. The Morgan fingerprint density at radius 2 is 1.95 bits per heavy atom. The Hall–Kier alpha value is -1.85. The van der Waals surface area contributed by atoms with Crippen LogP contribution in [0.2, 0.25) is 0 Å². The predicted molar refractivity (Wildman–Crippen MR) is 89.5 cm³/mol. The summed E-state index contributed by atoms with van der Waals surface area (Å²) in [6, 6.07) is 3.56. The Morgan fingerprint density at radius 1 is 1.27 bits per heavy atom. The van der Waals surface area contributed by atoms with E-state index in [2.05, 4.69) is 25.3 Å². The number of nitrogens with two attached hydrogens (primary N) is 2. The summed E-state index contributed by atoms with van der Waals surface area (Å²) in [5.41, 5.74) is 16.3. The summed E-state index contributed by atoms with van der Waals surface area (Å²) in [6.07, 6.45) is 0.737. The minimum Gasteiger partial charge on any atom is -0.478 e. The Balaban J connectivity index is 2.89. The van der Waals surface area contributed by atoms with Crippen LogP contribution in [0.5, 0.6) is 0 Å². The summed E-state index contributed by atoms with van der Waals surface area (Å²) in [7, 11) is 0. The van der Waals surface area contributed by atoms with Gasteiger partial charge in [-0.1, -0.05) is 13.8 Å². The molecule has 120 valence electrons. The highest BCUT2D eigenvalue weighted by Crippen LogP contribution is 2.33. The van der Waals surface area contributed by atoms with E-state index in [1.165, 1.54) is 0 Å². The lowest BCUT2D eigenvalue weighted by Gasteiger charge is -2.14. The van der Waals surface area contributed by atoms with E-state index in [4.69, 9.17) is 11.5 Å². The van der Waals surface area contributed by atoms with Crippen molar-refractivity contribution in [3.63, 3.8) is 0 Å².